The second-order valence-electron chi connectivity index (χ2n) is 13.9. The lowest BCUT2D eigenvalue weighted by molar-refractivity contribution is -0.253. The van der Waals surface area contributed by atoms with Gasteiger partial charge in [-0.15, -0.1) is 0 Å². The Morgan fingerprint density at radius 2 is 1.48 bits per heavy atom. The summed E-state index contributed by atoms with van der Waals surface area (Å²) in [6.07, 6.45) is 0.768. The summed E-state index contributed by atoms with van der Waals surface area (Å²) in [5.74, 6) is -0.288. The number of nitrogens with zero attached hydrogens (tertiary/aromatic N) is 1. The van der Waals surface area contributed by atoms with Crippen molar-refractivity contribution in [3.8, 4) is 11.1 Å². The molecule has 0 aliphatic carbocycles. The van der Waals surface area contributed by atoms with Gasteiger partial charge in [-0.25, -0.2) is 0 Å². The van der Waals surface area contributed by atoms with Crippen molar-refractivity contribution in [1.82, 2.24) is 10.2 Å². The van der Waals surface area contributed by atoms with Crippen LogP contribution in [-0.4, -0.2) is 41.5 Å². The van der Waals surface area contributed by atoms with Crippen LogP contribution in [0.15, 0.2) is 127 Å². The van der Waals surface area contributed by atoms with E-state index in [0.717, 1.165) is 39.9 Å². The van der Waals surface area contributed by atoms with Crippen LogP contribution in [0.5, 0.6) is 0 Å². The molecule has 0 bridgehead atoms. The molecule has 1 aliphatic rings. The highest BCUT2D eigenvalue weighted by Crippen LogP contribution is 2.39. The van der Waals surface area contributed by atoms with E-state index in [1.54, 1.807) is 12.1 Å². The van der Waals surface area contributed by atoms with E-state index in [1.165, 1.54) is 5.56 Å². The fourth-order valence-electron chi connectivity index (χ4n) is 6.79. The van der Waals surface area contributed by atoms with Crippen LogP contribution < -0.4 is 16.4 Å². The first-order valence-electron chi connectivity index (χ1n) is 18.6. The molecule has 4 unspecified atom stereocenters. The summed E-state index contributed by atoms with van der Waals surface area (Å²) in [6, 6.07) is 42.0. The number of hydrogen-bond donors (Lipinski definition) is 4. The molecule has 0 saturated carbocycles. The largest absolute Gasteiger partial charge is 0.397 e. The van der Waals surface area contributed by atoms with Gasteiger partial charge in [-0.2, -0.15) is 0 Å². The number of rotatable bonds is 15. The van der Waals surface area contributed by atoms with Gasteiger partial charge in [-0.05, 0) is 65.9 Å². The van der Waals surface area contributed by atoms with Gasteiger partial charge in [-0.1, -0.05) is 115 Å². The highest BCUT2D eigenvalue weighted by molar-refractivity contribution is 5.94. The first-order valence-corrected chi connectivity index (χ1v) is 18.6. The van der Waals surface area contributed by atoms with Gasteiger partial charge in [0, 0.05) is 44.0 Å². The summed E-state index contributed by atoms with van der Waals surface area (Å²) in [4.78, 5) is 27.4. The average molecular weight is 727 g/mol. The van der Waals surface area contributed by atoms with Crippen molar-refractivity contribution < 1.29 is 24.2 Å². The van der Waals surface area contributed by atoms with Crippen LogP contribution in [0.1, 0.15) is 78.9 Å². The molecule has 1 saturated heterocycles. The molecular weight excluding hydrogens is 677 g/mol. The van der Waals surface area contributed by atoms with Gasteiger partial charge < -0.3 is 30.9 Å². The van der Waals surface area contributed by atoms with Gasteiger partial charge in [0.05, 0.1) is 30.2 Å². The third-order valence-electron chi connectivity index (χ3n) is 10.1. The fourth-order valence-corrected chi connectivity index (χ4v) is 6.79. The molecule has 54 heavy (non-hydrogen) atoms. The molecule has 0 aromatic heterocycles. The van der Waals surface area contributed by atoms with E-state index in [0.29, 0.717) is 30.8 Å². The van der Waals surface area contributed by atoms with Gasteiger partial charge in [0.25, 0.3) is 0 Å². The normalized spacial score (nSPS) is 17.5. The van der Waals surface area contributed by atoms with Crippen molar-refractivity contribution in [2.45, 2.75) is 70.3 Å². The SMILES string of the molecule is CC(c1ccccc1)N(C)CC1CC(c2ccc(CO)cc2)OC(c2ccc(-c3ccccc3CNC(=O)CCCC(=O)Nc3ccccc3N)cc2)O1. The number of nitrogens with two attached hydrogens (primary N) is 1. The van der Waals surface area contributed by atoms with Crippen molar-refractivity contribution in [3.05, 3.63) is 155 Å². The molecule has 6 rings (SSSR count). The molecule has 9 heteroatoms. The van der Waals surface area contributed by atoms with Crippen LogP contribution in [0.2, 0.25) is 0 Å². The van der Waals surface area contributed by atoms with E-state index in [4.69, 9.17) is 15.2 Å². The zero-order valence-electron chi connectivity index (χ0n) is 31.0. The smallest absolute Gasteiger partial charge is 0.224 e. The van der Waals surface area contributed by atoms with E-state index < -0.39 is 6.29 Å². The minimum atomic E-state index is -0.567. The molecule has 1 aliphatic heterocycles. The minimum absolute atomic E-state index is 0.00358. The molecule has 2 amide bonds. The Bertz CT molecular complexity index is 1970. The summed E-state index contributed by atoms with van der Waals surface area (Å²) in [7, 11) is 2.13. The van der Waals surface area contributed by atoms with Crippen molar-refractivity contribution in [2.24, 2.45) is 0 Å². The molecule has 280 valence electrons. The van der Waals surface area contributed by atoms with Crippen molar-refractivity contribution in [1.29, 1.82) is 0 Å². The Labute approximate surface area is 318 Å². The fraction of sp³-hybridized carbons (Fsp3) is 0.289. The minimum Gasteiger partial charge on any atom is -0.397 e. The number of anilines is 2. The summed E-state index contributed by atoms with van der Waals surface area (Å²) in [6.45, 7) is 3.31. The Kier molecular flexibility index (Phi) is 13.2. The quantitative estimate of drug-likeness (QED) is 0.0804. The predicted molar refractivity (Wildman–Crippen MR) is 213 cm³/mol. The predicted octanol–water partition coefficient (Wildman–Crippen LogP) is 8.09. The number of amides is 2. The summed E-state index contributed by atoms with van der Waals surface area (Å²) < 4.78 is 13.3. The van der Waals surface area contributed by atoms with Crippen molar-refractivity contribution >= 4 is 23.2 Å². The zero-order valence-corrected chi connectivity index (χ0v) is 31.0. The highest BCUT2D eigenvalue weighted by atomic mass is 16.7. The third kappa shape index (κ3) is 10.2. The zero-order chi connectivity index (χ0) is 37.9. The maximum Gasteiger partial charge on any atom is 0.224 e. The van der Waals surface area contributed by atoms with Crippen LogP contribution in [0.3, 0.4) is 0 Å². The second-order valence-corrected chi connectivity index (χ2v) is 13.9. The number of carbonyl (C=O) groups excluding carboxylic acids is 2. The van der Waals surface area contributed by atoms with Crippen molar-refractivity contribution in [2.75, 3.05) is 24.6 Å². The molecule has 0 spiro atoms. The number of aliphatic hydroxyl groups is 1. The number of nitrogen functional groups attached to an aromatic ring is 1. The monoisotopic (exact) mass is 726 g/mol. The van der Waals surface area contributed by atoms with Gasteiger partial charge in [0.2, 0.25) is 11.8 Å². The molecule has 5 N–H and O–H groups in total. The lowest BCUT2D eigenvalue weighted by Crippen LogP contribution is -2.38. The standard InChI is InChI=1S/C45H50N4O5/c1-31(33-11-4-3-5-12-33)49(2)29-38-27-42(35-21-19-32(30-50)20-22-35)54-45(53-38)36-25-23-34(24-26-36)39-14-7-6-13-37(39)28-47-43(51)17-10-18-44(52)48-41-16-9-8-15-40(41)46/h3-9,11-16,19-26,31,38,42,45,50H,10,17-18,27-30,46H2,1-2H3,(H,47,51)(H,48,52). The molecule has 1 heterocycles. The van der Waals surface area contributed by atoms with E-state index >= 15 is 0 Å². The summed E-state index contributed by atoms with van der Waals surface area (Å²) in [5.41, 5.74) is 14.1. The molecule has 0 radical (unpaired) electrons. The van der Waals surface area contributed by atoms with Crippen LogP contribution >= 0.6 is 0 Å². The number of likely N-dealkylation sites (N-methyl/N-ethyl adjacent to an activating group) is 1. The number of hydrogen-bond acceptors (Lipinski definition) is 7. The molecule has 4 atom stereocenters. The van der Waals surface area contributed by atoms with Gasteiger partial charge in [0.15, 0.2) is 6.29 Å². The highest BCUT2D eigenvalue weighted by Gasteiger charge is 2.33. The number of carbonyl (C=O) groups is 2. The number of nitrogens with one attached hydrogen (secondary N) is 2. The second kappa shape index (κ2) is 18.6. The average Bonchev–Trinajstić information content (AvgIpc) is 3.21. The third-order valence-corrected chi connectivity index (χ3v) is 10.1. The van der Waals surface area contributed by atoms with E-state index in [-0.39, 0.29) is 49.5 Å². The van der Waals surface area contributed by atoms with Gasteiger partial charge >= 0.3 is 0 Å². The van der Waals surface area contributed by atoms with Crippen LogP contribution in [-0.2, 0) is 32.2 Å². The molecule has 1 fully saturated rings. The summed E-state index contributed by atoms with van der Waals surface area (Å²) in [5, 5.41) is 15.4. The number of benzene rings is 5. The molecular formula is C45H50N4O5. The Morgan fingerprint density at radius 1 is 0.815 bits per heavy atom. The molecule has 5 aromatic rings. The van der Waals surface area contributed by atoms with Gasteiger partial charge in [0.1, 0.15) is 0 Å². The first-order chi connectivity index (χ1) is 26.3. The Morgan fingerprint density at radius 3 is 2.22 bits per heavy atom. The van der Waals surface area contributed by atoms with Crippen molar-refractivity contribution in [3.63, 3.8) is 0 Å². The van der Waals surface area contributed by atoms with E-state index in [2.05, 4.69) is 72.0 Å². The maximum absolute atomic E-state index is 12.7. The lowest BCUT2D eigenvalue weighted by Gasteiger charge is -2.39. The topological polar surface area (TPSA) is 126 Å². The van der Waals surface area contributed by atoms with E-state index in [9.17, 15) is 14.7 Å². The van der Waals surface area contributed by atoms with Crippen LogP contribution in [0.4, 0.5) is 11.4 Å². The molecule has 9 nitrogen and oxygen atoms in total. The number of aliphatic hydroxyl groups excluding tert-OH is 1. The maximum atomic E-state index is 12.7. The van der Waals surface area contributed by atoms with Crippen LogP contribution in [0.25, 0.3) is 11.1 Å². The molecule has 5 aromatic carbocycles. The lowest BCUT2D eigenvalue weighted by atomic mass is 9.97. The summed E-state index contributed by atoms with van der Waals surface area (Å²) >= 11 is 0. The van der Waals surface area contributed by atoms with E-state index in [1.807, 2.05) is 72.8 Å². The Hall–Kier alpha value is -5.32. The van der Waals surface area contributed by atoms with Gasteiger partial charge in [-0.3, -0.25) is 14.5 Å². The first kappa shape index (κ1) is 38.4. The number of para-hydroxylation sites is 2. The van der Waals surface area contributed by atoms with Crippen LogP contribution in [0, 0.1) is 0 Å². The Balaban J connectivity index is 1.09. The number of ether oxygens (including phenoxy) is 2.